The number of likely N-dealkylation sites (tertiary alicyclic amines) is 1. The van der Waals surface area contributed by atoms with Crippen LogP contribution in [0.15, 0.2) is 0 Å². The summed E-state index contributed by atoms with van der Waals surface area (Å²) in [7, 11) is 0. The van der Waals surface area contributed by atoms with Crippen molar-refractivity contribution < 1.29 is 14.3 Å². The van der Waals surface area contributed by atoms with E-state index in [9.17, 15) is 9.59 Å². The van der Waals surface area contributed by atoms with Crippen LogP contribution in [0.2, 0.25) is 0 Å². The highest BCUT2D eigenvalue weighted by molar-refractivity contribution is 6.05. The maximum atomic E-state index is 12.0. The van der Waals surface area contributed by atoms with Crippen molar-refractivity contribution in [2.24, 2.45) is 0 Å². The van der Waals surface area contributed by atoms with E-state index < -0.39 is 0 Å². The molecule has 0 radical (unpaired) electrons. The van der Waals surface area contributed by atoms with Crippen LogP contribution in [-0.2, 0) is 14.3 Å². The summed E-state index contributed by atoms with van der Waals surface area (Å²) in [4.78, 5) is 27.5. The van der Waals surface area contributed by atoms with Crippen molar-refractivity contribution >= 4 is 11.8 Å². The molecule has 0 bridgehead atoms. The van der Waals surface area contributed by atoms with E-state index in [0.717, 1.165) is 39.4 Å². The molecule has 0 saturated carbocycles. The second-order valence-electron chi connectivity index (χ2n) is 5.36. The van der Waals surface area contributed by atoms with Gasteiger partial charge in [-0.15, -0.1) is 0 Å². The number of hydrogen-bond donors (Lipinski definition) is 1. The summed E-state index contributed by atoms with van der Waals surface area (Å²) in [5.41, 5.74) is 0. The second-order valence-corrected chi connectivity index (χ2v) is 5.36. The molecule has 1 N–H and O–H groups in total. The lowest BCUT2D eigenvalue weighted by molar-refractivity contribution is -0.140. The summed E-state index contributed by atoms with van der Waals surface area (Å²) < 4.78 is 5.28. The highest BCUT2D eigenvalue weighted by Gasteiger charge is 2.39. The first kappa shape index (κ1) is 14.4. The van der Waals surface area contributed by atoms with E-state index in [1.165, 1.54) is 4.90 Å². The zero-order chi connectivity index (χ0) is 13.8. The smallest absolute Gasteiger partial charge is 0.247 e. The Morgan fingerprint density at radius 3 is 2.58 bits per heavy atom. The Labute approximate surface area is 114 Å². The molecule has 2 amide bonds. The molecule has 0 aromatic heterocycles. The van der Waals surface area contributed by atoms with E-state index in [2.05, 4.69) is 10.2 Å². The van der Waals surface area contributed by atoms with Gasteiger partial charge in [0.15, 0.2) is 0 Å². The first-order valence-corrected chi connectivity index (χ1v) is 6.99. The van der Waals surface area contributed by atoms with Crippen LogP contribution in [0.4, 0.5) is 0 Å². The lowest BCUT2D eigenvalue weighted by Crippen LogP contribution is -2.45. The van der Waals surface area contributed by atoms with Crippen molar-refractivity contribution in [3.05, 3.63) is 0 Å². The molecular formula is C13H23N3O3. The lowest BCUT2D eigenvalue weighted by atomic mass is 10.2. The molecule has 108 valence electrons. The second kappa shape index (κ2) is 6.45. The summed E-state index contributed by atoms with van der Waals surface area (Å²) in [6.07, 6.45) is 0.292. The van der Waals surface area contributed by atoms with Gasteiger partial charge in [-0.1, -0.05) is 0 Å². The maximum Gasteiger partial charge on any atom is 0.247 e. The highest BCUT2D eigenvalue weighted by Crippen LogP contribution is 2.15. The van der Waals surface area contributed by atoms with Gasteiger partial charge in [-0.2, -0.15) is 0 Å². The van der Waals surface area contributed by atoms with Gasteiger partial charge in [-0.05, 0) is 13.8 Å². The molecule has 1 atom stereocenters. The van der Waals surface area contributed by atoms with Crippen molar-refractivity contribution in [1.82, 2.24) is 15.1 Å². The molecular weight excluding hydrogens is 246 g/mol. The Bertz CT molecular complexity index is 340. The van der Waals surface area contributed by atoms with E-state index in [1.807, 2.05) is 13.8 Å². The van der Waals surface area contributed by atoms with Gasteiger partial charge in [0.25, 0.3) is 0 Å². The lowest BCUT2D eigenvalue weighted by Gasteiger charge is -2.27. The topological polar surface area (TPSA) is 61.9 Å². The molecule has 6 heteroatoms. The molecule has 2 aliphatic heterocycles. The summed E-state index contributed by atoms with van der Waals surface area (Å²) in [6, 6.07) is -0.387. The van der Waals surface area contributed by atoms with Crippen molar-refractivity contribution in [3.8, 4) is 0 Å². The quantitative estimate of drug-likeness (QED) is 0.678. The minimum Gasteiger partial charge on any atom is -0.379 e. The van der Waals surface area contributed by atoms with Crippen LogP contribution in [0.25, 0.3) is 0 Å². The molecule has 0 aromatic carbocycles. The molecule has 2 heterocycles. The Kier molecular flexibility index (Phi) is 4.90. The average Bonchev–Trinajstić information content (AvgIpc) is 2.66. The van der Waals surface area contributed by atoms with Crippen LogP contribution in [0.5, 0.6) is 0 Å². The van der Waals surface area contributed by atoms with Crippen LogP contribution < -0.4 is 5.32 Å². The molecule has 1 unspecified atom stereocenters. The first-order valence-electron chi connectivity index (χ1n) is 6.99. The molecule has 0 spiro atoms. The van der Waals surface area contributed by atoms with E-state index in [1.54, 1.807) is 0 Å². The van der Waals surface area contributed by atoms with E-state index in [0.29, 0.717) is 6.42 Å². The number of amides is 2. The minimum atomic E-state index is -0.337. The molecule has 2 fully saturated rings. The van der Waals surface area contributed by atoms with Crippen LogP contribution in [0.3, 0.4) is 0 Å². The fraction of sp³-hybridized carbons (Fsp3) is 0.846. The average molecular weight is 269 g/mol. The number of carbonyl (C=O) groups excluding carboxylic acids is 2. The molecule has 2 aliphatic rings. The molecule has 2 saturated heterocycles. The SMILES string of the molecule is CC(C)N1C(=O)CC(NCCN2CCOCC2)C1=O. The third-order valence-corrected chi connectivity index (χ3v) is 3.62. The molecule has 19 heavy (non-hydrogen) atoms. The van der Waals surface area contributed by atoms with Gasteiger partial charge < -0.3 is 10.1 Å². The Morgan fingerprint density at radius 1 is 1.32 bits per heavy atom. The van der Waals surface area contributed by atoms with Crippen LogP contribution >= 0.6 is 0 Å². The van der Waals surface area contributed by atoms with Gasteiger partial charge in [0.05, 0.1) is 25.7 Å². The van der Waals surface area contributed by atoms with Crippen molar-refractivity contribution in [2.45, 2.75) is 32.4 Å². The molecule has 0 aliphatic carbocycles. The molecule has 2 rings (SSSR count). The first-order chi connectivity index (χ1) is 9.09. The summed E-state index contributed by atoms with van der Waals surface area (Å²) in [6.45, 7) is 8.80. The van der Waals surface area contributed by atoms with E-state index >= 15 is 0 Å². The summed E-state index contributed by atoms with van der Waals surface area (Å²) in [5.74, 6) is -0.147. The van der Waals surface area contributed by atoms with Gasteiger partial charge in [-0.3, -0.25) is 19.4 Å². The third-order valence-electron chi connectivity index (χ3n) is 3.62. The normalized spacial score (nSPS) is 25.6. The fourth-order valence-electron chi connectivity index (χ4n) is 2.57. The monoisotopic (exact) mass is 269 g/mol. The summed E-state index contributed by atoms with van der Waals surface area (Å²) in [5, 5.41) is 3.20. The number of morpholine rings is 1. The summed E-state index contributed by atoms with van der Waals surface area (Å²) >= 11 is 0. The minimum absolute atomic E-state index is 0.0500. The molecule has 0 aromatic rings. The van der Waals surface area contributed by atoms with Crippen LogP contribution in [-0.4, -0.2) is 73.1 Å². The van der Waals surface area contributed by atoms with Crippen molar-refractivity contribution in [1.29, 1.82) is 0 Å². The number of nitrogens with one attached hydrogen (secondary N) is 1. The van der Waals surface area contributed by atoms with Gasteiger partial charge in [0.2, 0.25) is 11.8 Å². The van der Waals surface area contributed by atoms with Crippen LogP contribution in [0.1, 0.15) is 20.3 Å². The number of imide groups is 1. The Balaban J connectivity index is 1.74. The van der Waals surface area contributed by atoms with Gasteiger partial charge in [0.1, 0.15) is 0 Å². The number of ether oxygens (including phenoxy) is 1. The number of nitrogens with zero attached hydrogens (tertiary/aromatic N) is 2. The maximum absolute atomic E-state index is 12.0. The predicted octanol–water partition coefficient (Wildman–Crippen LogP) is -0.556. The van der Waals surface area contributed by atoms with Crippen molar-refractivity contribution in [3.63, 3.8) is 0 Å². The van der Waals surface area contributed by atoms with Gasteiger partial charge in [0, 0.05) is 32.2 Å². The van der Waals surface area contributed by atoms with E-state index in [-0.39, 0.29) is 23.9 Å². The Morgan fingerprint density at radius 2 is 2.00 bits per heavy atom. The number of hydrogen-bond acceptors (Lipinski definition) is 5. The van der Waals surface area contributed by atoms with Crippen LogP contribution in [0, 0.1) is 0 Å². The standard InChI is InChI=1S/C13H23N3O3/c1-10(2)16-12(17)9-11(13(16)18)14-3-4-15-5-7-19-8-6-15/h10-11,14H,3-9H2,1-2H3. The zero-order valence-electron chi connectivity index (χ0n) is 11.7. The van der Waals surface area contributed by atoms with Crippen molar-refractivity contribution in [2.75, 3.05) is 39.4 Å². The zero-order valence-corrected chi connectivity index (χ0v) is 11.7. The van der Waals surface area contributed by atoms with Gasteiger partial charge in [-0.25, -0.2) is 0 Å². The largest absolute Gasteiger partial charge is 0.379 e. The van der Waals surface area contributed by atoms with Gasteiger partial charge >= 0.3 is 0 Å². The highest BCUT2D eigenvalue weighted by atomic mass is 16.5. The third kappa shape index (κ3) is 3.52. The Hall–Kier alpha value is -0.980. The number of rotatable bonds is 5. The number of carbonyl (C=O) groups is 2. The van der Waals surface area contributed by atoms with E-state index in [4.69, 9.17) is 4.74 Å². The fourth-order valence-corrected chi connectivity index (χ4v) is 2.57. The predicted molar refractivity (Wildman–Crippen MR) is 70.7 cm³/mol. The molecule has 6 nitrogen and oxygen atoms in total.